The Morgan fingerprint density at radius 1 is 0.943 bits per heavy atom. The molecule has 6 nitrogen and oxygen atoms in total. The second-order valence-corrected chi connectivity index (χ2v) is 12.4. The molecule has 0 unspecified atom stereocenters. The zero-order valence-electron chi connectivity index (χ0n) is 19.8. The molecule has 1 amide bonds. The van der Waals surface area contributed by atoms with Crippen LogP contribution in [-0.2, 0) is 20.6 Å². The first-order valence-electron chi connectivity index (χ1n) is 12.1. The van der Waals surface area contributed by atoms with E-state index in [1.165, 1.54) is 4.31 Å². The molecule has 0 spiro atoms. The van der Waals surface area contributed by atoms with Crippen molar-refractivity contribution in [2.75, 3.05) is 32.8 Å². The Balaban J connectivity index is 1.53. The Labute approximate surface area is 218 Å². The van der Waals surface area contributed by atoms with Gasteiger partial charge in [-0.05, 0) is 61.9 Å². The van der Waals surface area contributed by atoms with Crippen LogP contribution in [0.3, 0.4) is 0 Å². The average molecular weight is 540 g/mol. The number of benzene rings is 2. The first-order valence-corrected chi connectivity index (χ1v) is 14.5. The van der Waals surface area contributed by atoms with Gasteiger partial charge in [0.05, 0.1) is 22.4 Å². The molecular formula is C26H32Cl2N2O4S. The molecule has 0 radical (unpaired) electrons. The summed E-state index contributed by atoms with van der Waals surface area (Å²) in [7, 11) is -3.63. The molecule has 2 aliphatic heterocycles. The monoisotopic (exact) mass is 538 g/mol. The van der Waals surface area contributed by atoms with E-state index in [0.717, 1.165) is 38.8 Å². The zero-order chi connectivity index (χ0) is 24.9. The molecule has 2 fully saturated rings. The Morgan fingerprint density at radius 3 is 2.40 bits per heavy atom. The third-order valence-electron chi connectivity index (χ3n) is 6.88. The van der Waals surface area contributed by atoms with Crippen molar-refractivity contribution in [2.45, 2.75) is 44.3 Å². The lowest BCUT2D eigenvalue weighted by Gasteiger charge is -2.42. The van der Waals surface area contributed by atoms with Gasteiger partial charge in [0.15, 0.2) is 0 Å². The minimum atomic E-state index is -3.63. The number of hydrogen-bond acceptors (Lipinski definition) is 4. The lowest BCUT2D eigenvalue weighted by atomic mass is 9.78. The lowest BCUT2D eigenvalue weighted by Crippen LogP contribution is -2.51. The Morgan fingerprint density at radius 2 is 1.69 bits per heavy atom. The van der Waals surface area contributed by atoms with E-state index in [1.54, 1.807) is 18.2 Å². The predicted molar refractivity (Wildman–Crippen MR) is 139 cm³/mol. The van der Waals surface area contributed by atoms with Gasteiger partial charge in [-0.3, -0.25) is 4.79 Å². The van der Waals surface area contributed by atoms with Crippen LogP contribution in [0.1, 0.15) is 44.1 Å². The number of rotatable bonds is 8. The normalized spacial score (nSPS) is 21.6. The van der Waals surface area contributed by atoms with Crippen molar-refractivity contribution in [1.29, 1.82) is 0 Å². The molecule has 2 aliphatic rings. The van der Waals surface area contributed by atoms with Gasteiger partial charge in [-0.15, -0.1) is 0 Å². The Bertz CT molecular complexity index is 1120. The molecular weight excluding hydrogens is 507 g/mol. The summed E-state index contributed by atoms with van der Waals surface area (Å²) in [5, 5.41) is 0.717. The third kappa shape index (κ3) is 6.91. The first-order chi connectivity index (χ1) is 16.8. The number of hydrogen-bond donors (Lipinski definition) is 0. The van der Waals surface area contributed by atoms with E-state index in [0.29, 0.717) is 34.3 Å². The molecule has 2 heterocycles. The van der Waals surface area contributed by atoms with Crippen molar-refractivity contribution >= 4 is 39.1 Å². The zero-order valence-corrected chi connectivity index (χ0v) is 22.1. The molecule has 0 aromatic heterocycles. The van der Waals surface area contributed by atoms with E-state index in [-0.39, 0.29) is 31.2 Å². The fraction of sp³-hybridized carbons (Fsp3) is 0.500. The molecule has 0 bridgehead atoms. The van der Waals surface area contributed by atoms with Crippen LogP contribution >= 0.6 is 23.2 Å². The topological polar surface area (TPSA) is 66.9 Å². The molecule has 0 N–H and O–H groups in total. The summed E-state index contributed by atoms with van der Waals surface area (Å²) in [4.78, 5) is 15.2. The predicted octanol–water partition coefficient (Wildman–Crippen LogP) is 5.39. The van der Waals surface area contributed by atoms with Gasteiger partial charge in [-0.1, -0.05) is 47.5 Å². The van der Waals surface area contributed by atoms with Crippen molar-refractivity contribution in [3.8, 4) is 5.75 Å². The van der Waals surface area contributed by atoms with Crippen LogP contribution in [0.4, 0.5) is 0 Å². The molecule has 2 saturated heterocycles. The van der Waals surface area contributed by atoms with Crippen molar-refractivity contribution in [1.82, 2.24) is 9.21 Å². The molecule has 9 heteroatoms. The van der Waals surface area contributed by atoms with E-state index in [2.05, 4.69) is 0 Å². The quantitative estimate of drug-likeness (QED) is 0.452. The van der Waals surface area contributed by atoms with Crippen molar-refractivity contribution in [3.63, 3.8) is 0 Å². The highest BCUT2D eigenvalue weighted by atomic mass is 35.5. The van der Waals surface area contributed by atoms with Gasteiger partial charge in [0.25, 0.3) is 0 Å². The van der Waals surface area contributed by atoms with Gasteiger partial charge in [0, 0.05) is 38.0 Å². The maximum absolute atomic E-state index is 13.4. The number of para-hydroxylation sites is 1. The van der Waals surface area contributed by atoms with Gasteiger partial charge in [-0.25, -0.2) is 12.7 Å². The van der Waals surface area contributed by atoms with Gasteiger partial charge >= 0.3 is 0 Å². The second kappa shape index (κ2) is 11.5. The summed E-state index contributed by atoms with van der Waals surface area (Å²) in [5.74, 6) is 0.637. The molecule has 0 saturated carbocycles. The molecule has 190 valence electrons. The number of carbonyl (C=O) groups excluding carboxylic acids is 1. The highest BCUT2D eigenvalue weighted by molar-refractivity contribution is 7.88. The number of sulfonamides is 1. The number of nitrogens with zero attached hydrogens (tertiary/aromatic N) is 2. The first kappa shape index (κ1) is 26.3. The minimum absolute atomic E-state index is 0.0880. The number of likely N-dealkylation sites (tertiary alicyclic amines) is 1. The minimum Gasteiger partial charge on any atom is -0.493 e. The number of ether oxygens (including phenoxy) is 1. The largest absolute Gasteiger partial charge is 0.493 e. The Kier molecular flexibility index (Phi) is 8.63. The van der Waals surface area contributed by atoms with Crippen LogP contribution in [0, 0.1) is 5.41 Å². The molecule has 0 aliphatic carbocycles. The van der Waals surface area contributed by atoms with E-state index in [4.69, 9.17) is 27.9 Å². The average Bonchev–Trinajstić information content (AvgIpc) is 2.86. The van der Waals surface area contributed by atoms with E-state index in [1.807, 2.05) is 35.2 Å². The highest BCUT2D eigenvalue weighted by Crippen LogP contribution is 2.37. The summed E-state index contributed by atoms with van der Waals surface area (Å²) in [6.07, 6.45) is 4.86. The maximum Gasteiger partial charge on any atom is 0.223 e. The van der Waals surface area contributed by atoms with Gasteiger partial charge in [0.2, 0.25) is 15.9 Å². The standard InChI is InChI=1S/C26H32Cl2N2O4S/c27-23-11-10-21(16-24(23)28)18-35(32,33)30-15-7-12-26(19-30,20-34-22-8-3-1-4-9-22)17-25(31)29-13-5-2-6-14-29/h1,3-4,8-11,16H,2,5-7,12-15,17-20H2/t26-/m1/s1. The smallest absolute Gasteiger partial charge is 0.223 e. The summed E-state index contributed by atoms with van der Waals surface area (Å²) in [6.45, 7) is 2.51. The van der Waals surface area contributed by atoms with Gasteiger partial charge in [-0.2, -0.15) is 0 Å². The van der Waals surface area contributed by atoms with Crippen LogP contribution < -0.4 is 4.74 Å². The number of amides is 1. The van der Waals surface area contributed by atoms with Crippen LogP contribution in [0.15, 0.2) is 48.5 Å². The molecule has 2 aromatic carbocycles. The number of halogens is 2. The SMILES string of the molecule is O=C(C[C@]1(COc2ccccc2)CCCN(S(=O)(=O)Cc2ccc(Cl)c(Cl)c2)C1)N1CCCCC1. The van der Waals surface area contributed by atoms with Crippen LogP contribution in [-0.4, -0.2) is 56.3 Å². The highest BCUT2D eigenvalue weighted by Gasteiger charge is 2.42. The van der Waals surface area contributed by atoms with Crippen LogP contribution in [0.2, 0.25) is 10.0 Å². The van der Waals surface area contributed by atoms with Crippen LogP contribution in [0.5, 0.6) is 5.75 Å². The molecule has 1 atom stereocenters. The summed E-state index contributed by atoms with van der Waals surface area (Å²) in [5.41, 5.74) is -0.00615. The van der Waals surface area contributed by atoms with Gasteiger partial charge < -0.3 is 9.64 Å². The fourth-order valence-electron chi connectivity index (χ4n) is 4.97. The Hall–Kier alpha value is -1.80. The fourth-order valence-corrected chi connectivity index (χ4v) is 6.96. The van der Waals surface area contributed by atoms with Gasteiger partial charge in [0.1, 0.15) is 5.75 Å². The number of piperidine rings is 2. The molecule has 35 heavy (non-hydrogen) atoms. The van der Waals surface area contributed by atoms with E-state index in [9.17, 15) is 13.2 Å². The van der Waals surface area contributed by atoms with E-state index < -0.39 is 15.4 Å². The number of carbonyl (C=O) groups is 1. The lowest BCUT2D eigenvalue weighted by molar-refractivity contribution is -0.136. The summed E-state index contributed by atoms with van der Waals surface area (Å²) in [6, 6.07) is 14.4. The van der Waals surface area contributed by atoms with E-state index >= 15 is 0 Å². The maximum atomic E-state index is 13.4. The second-order valence-electron chi connectivity index (χ2n) is 9.66. The molecule has 4 rings (SSSR count). The van der Waals surface area contributed by atoms with Crippen molar-refractivity contribution in [3.05, 3.63) is 64.1 Å². The summed E-state index contributed by atoms with van der Waals surface area (Å²) < 4.78 is 34.5. The third-order valence-corrected chi connectivity index (χ3v) is 9.41. The van der Waals surface area contributed by atoms with Crippen molar-refractivity contribution in [2.24, 2.45) is 5.41 Å². The summed E-state index contributed by atoms with van der Waals surface area (Å²) >= 11 is 12.1. The van der Waals surface area contributed by atoms with Crippen LogP contribution in [0.25, 0.3) is 0 Å². The van der Waals surface area contributed by atoms with Crippen molar-refractivity contribution < 1.29 is 17.9 Å². The molecule has 2 aromatic rings.